The van der Waals surface area contributed by atoms with Gasteiger partial charge in [0, 0.05) is 4.47 Å². The van der Waals surface area contributed by atoms with Crippen LogP contribution in [0.5, 0.6) is 5.75 Å². The minimum Gasteiger partial charge on any atom is -0.483 e. The molecule has 8 heteroatoms. The summed E-state index contributed by atoms with van der Waals surface area (Å²) in [6, 6.07) is 12.1. The first-order valence-corrected chi connectivity index (χ1v) is 8.45. The summed E-state index contributed by atoms with van der Waals surface area (Å²) in [6.07, 6.45) is 0. The number of halogens is 1. The number of para-hydroxylation sites is 1. The van der Waals surface area contributed by atoms with Crippen LogP contribution < -0.4 is 21.1 Å². The summed E-state index contributed by atoms with van der Waals surface area (Å²) in [4.78, 5) is 23.3. The van der Waals surface area contributed by atoms with Gasteiger partial charge in [-0.1, -0.05) is 28.1 Å². The van der Waals surface area contributed by atoms with Gasteiger partial charge in [0.1, 0.15) is 5.75 Å². The van der Waals surface area contributed by atoms with E-state index in [1.807, 2.05) is 19.1 Å². The number of rotatable bonds is 5. The van der Waals surface area contributed by atoms with Crippen LogP contribution in [-0.4, -0.2) is 23.5 Å². The monoisotopic (exact) mass is 421 g/mol. The van der Waals surface area contributed by atoms with Gasteiger partial charge >= 0.3 is 0 Å². The standard InChI is InChI=1S/C17H16BrN3O3S/c1-10-8-11(18)6-7-14(10)24-9-15(22)21-17(25)20-13-5-3-2-4-12(13)16(19)23/h2-8H,9H2,1H3,(H2,19,23)(H2,20,21,22,25). The lowest BCUT2D eigenvalue weighted by atomic mass is 10.1. The van der Waals surface area contributed by atoms with Gasteiger partial charge in [-0.3, -0.25) is 14.9 Å². The number of nitrogens with two attached hydrogens (primary N) is 1. The molecule has 25 heavy (non-hydrogen) atoms. The maximum absolute atomic E-state index is 11.9. The molecule has 0 heterocycles. The van der Waals surface area contributed by atoms with E-state index in [9.17, 15) is 9.59 Å². The second-order valence-electron chi connectivity index (χ2n) is 5.11. The molecule has 0 aliphatic rings. The SMILES string of the molecule is Cc1cc(Br)ccc1OCC(=O)NC(=S)Nc1ccccc1C(N)=O. The molecular weight excluding hydrogens is 406 g/mol. The summed E-state index contributed by atoms with van der Waals surface area (Å²) in [7, 11) is 0. The summed E-state index contributed by atoms with van der Waals surface area (Å²) in [6.45, 7) is 1.69. The number of aryl methyl sites for hydroxylation is 1. The fraction of sp³-hybridized carbons (Fsp3) is 0.118. The zero-order chi connectivity index (χ0) is 18.4. The third kappa shape index (κ3) is 5.54. The quantitative estimate of drug-likeness (QED) is 0.645. The molecule has 0 aromatic heterocycles. The fourth-order valence-electron chi connectivity index (χ4n) is 2.04. The first-order chi connectivity index (χ1) is 11.9. The van der Waals surface area contributed by atoms with Crippen molar-refractivity contribution >= 4 is 50.8 Å². The van der Waals surface area contributed by atoms with Crippen molar-refractivity contribution in [2.45, 2.75) is 6.92 Å². The number of ether oxygens (including phenoxy) is 1. The first-order valence-electron chi connectivity index (χ1n) is 7.25. The highest BCUT2D eigenvalue weighted by molar-refractivity contribution is 9.10. The average Bonchev–Trinajstić information content (AvgIpc) is 2.54. The Bertz CT molecular complexity index is 827. The number of carbonyl (C=O) groups excluding carboxylic acids is 2. The molecular formula is C17H16BrN3O3S. The van der Waals surface area contributed by atoms with E-state index >= 15 is 0 Å². The van der Waals surface area contributed by atoms with Crippen molar-refractivity contribution in [3.63, 3.8) is 0 Å². The van der Waals surface area contributed by atoms with E-state index in [1.54, 1.807) is 30.3 Å². The molecule has 2 amide bonds. The predicted molar refractivity (Wildman–Crippen MR) is 104 cm³/mol. The summed E-state index contributed by atoms with van der Waals surface area (Å²) < 4.78 is 6.40. The van der Waals surface area contributed by atoms with Crippen molar-refractivity contribution in [3.8, 4) is 5.75 Å². The van der Waals surface area contributed by atoms with Gasteiger partial charge < -0.3 is 15.8 Å². The Morgan fingerprint density at radius 1 is 1.24 bits per heavy atom. The van der Waals surface area contributed by atoms with Crippen molar-refractivity contribution in [1.82, 2.24) is 5.32 Å². The Balaban J connectivity index is 1.90. The van der Waals surface area contributed by atoms with Gasteiger partial charge in [-0.15, -0.1) is 0 Å². The Morgan fingerprint density at radius 2 is 1.96 bits per heavy atom. The molecule has 0 unspecified atom stereocenters. The number of hydrogen-bond donors (Lipinski definition) is 3. The number of benzene rings is 2. The third-order valence-corrected chi connectivity index (χ3v) is 3.89. The molecule has 130 valence electrons. The number of hydrogen-bond acceptors (Lipinski definition) is 4. The molecule has 0 saturated heterocycles. The van der Waals surface area contributed by atoms with Crippen molar-refractivity contribution in [2.24, 2.45) is 5.73 Å². The van der Waals surface area contributed by atoms with Crippen LogP contribution in [0.1, 0.15) is 15.9 Å². The maximum Gasteiger partial charge on any atom is 0.264 e. The summed E-state index contributed by atoms with van der Waals surface area (Å²) in [5, 5.41) is 5.32. The Labute approximate surface area is 158 Å². The highest BCUT2D eigenvalue weighted by atomic mass is 79.9. The number of carbonyl (C=O) groups is 2. The van der Waals surface area contributed by atoms with E-state index in [1.165, 1.54) is 0 Å². The fourth-order valence-corrected chi connectivity index (χ4v) is 2.74. The number of primary amides is 1. The van der Waals surface area contributed by atoms with Gasteiger partial charge in [0.15, 0.2) is 11.7 Å². The van der Waals surface area contributed by atoms with Gasteiger partial charge in [-0.25, -0.2) is 0 Å². The Hall–Kier alpha value is -2.45. The van der Waals surface area contributed by atoms with Crippen LogP contribution in [0, 0.1) is 6.92 Å². The van der Waals surface area contributed by atoms with Crippen LogP contribution in [0.15, 0.2) is 46.9 Å². The molecule has 0 spiro atoms. The summed E-state index contributed by atoms with van der Waals surface area (Å²) >= 11 is 8.44. The lowest BCUT2D eigenvalue weighted by Crippen LogP contribution is -2.37. The second kappa shape index (κ2) is 8.59. The van der Waals surface area contributed by atoms with Crippen molar-refractivity contribution in [3.05, 3.63) is 58.1 Å². The van der Waals surface area contributed by atoms with Crippen molar-refractivity contribution < 1.29 is 14.3 Å². The van der Waals surface area contributed by atoms with E-state index in [-0.39, 0.29) is 17.3 Å². The maximum atomic E-state index is 11.9. The Kier molecular flexibility index (Phi) is 6.49. The molecule has 2 rings (SSSR count). The van der Waals surface area contributed by atoms with Gasteiger partial charge in [0.2, 0.25) is 0 Å². The zero-order valence-corrected chi connectivity index (χ0v) is 15.7. The number of amides is 2. The van der Waals surface area contributed by atoms with Gasteiger partial charge in [-0.05, 0) is 55.0 Å². The van der Waals surface area contributed by atoms with Crippen LogP contribution in [0.3, 0.4) is 0 Å². The molecule has 2 aromatic carbocycles. The van der Waals surface area contributed by atoms with Crippen LogP contribution in [0.4, 0.5) is 5.69 Å². The molecule has 0 fully saturated rings. The number of thiocarbonyl (C=S) groups is 1. The largest absolute Gasteiger partial charge is 0.483 e. The van der Waals surface area contributed by atoms with Crippen LogP contribution in [0.25, 0.3) is 0 Å². The third-order valence-electron chi connectivity index (χ3n) is 3.19. The molecule has 0 radical (unpaired) electrons. The normalized spacial score (nSPS) is 10.0. The van der Waals surface area contributed by atoms with Gasteiger partial charge in [0.25, 0.3) is 11.8 Å². The average molecular weight is 422 g/mol. The molecule has 4 N–H and O–H groups in total. The van der Waals surface area contributed by atoms with Crippen LogP contribution in [0.2, 0.25) is 0 Å². The van der Waals surface area contributed by atoms with Gasteiger partial charge in [0.05, 0.1) is 11.3 Å². The molecule has 0 aliphatic heterocycles. The number of nitrogens with one attached hydrogen (secondary N) is 2. The predicted octanol–water partition coefficient (Wildman–Crippen LogP) is 2.75. The van der Waals surface area contributed by atoms with E-state index in [2.05, 4.69) is 26.6 Å². The summed E-state index contributed by atoms with van der Waals surface area (Å²) in [5.74, 6) is -0.404. The molecule has 6 nitrogen and oxygen atoms in total. The molecule has 0 atom stereocenters. The van der Waals surface area contributed by atoms with Crippen LogP contribution in [-0.2, 0) is 4.79 Å². The van der Waals surface area contributed by atoms with Gasteiger partial charge in [-0.2, -0.15) is 0 Å². The van der Waals surface area contributed by atoms with Crippen molar-refractivity contribution in [2.75, 3.05) is 11.9 Å². The van der Waals surface area contributed by atoms with E-state index in [4.69, 9.17) is 22.7 Å². The minimum absolute atomic E-state index is 0.0508. The summed E-state index contributed by atoms with van der Waals surface area (Å²) in [5.41, 5.74) is 6.90. The smallest absolute Gasteiger partial charge is 0.264 e. The molecule has 0 bridgehead atoms. The lowest BCUT2D eigenvalue weighted by molar-refractivity contribution is -0.121. The van der Waals surface area contributed by atoms with E-state index in [0.717, 1.165) is 10.0 Å². The lowest BCUT2D eigenvalue weighted by Gasteiger charge is -2.13. The molecule has 0 saturated carbocycles. The van der Waals surface area contributed by atoms with Crippen LogP contribution >= 0.6 is 28.1 Å². The topological polar surface area (TPSA) is 93.4 Å². The van der Waals surface area contributed by atoms with E-state index in [0.29, 0.717) is 11.4 Å². The minimum atomic E-state index is -0.591. The molecule has 0 aliphatic carbocycles. The molecule has 2 aromatic rings. The van der Waals surface area contributed by atoms with E-state index < -0.39 is 11.8 Å². The highest BCUT2D eigenvalue weighted by Crippen LogP contribution is 2.22. The second-order valence-corrected chi connectivity index (χ2v) is 6.43. The van der Waals surface area contributed by atoms with Crippen molar-refractivity contribution in [1.29, 1.82) is 0 Å². The zero-order valence-electron chi connectivity index (χ0n) is 13.3. The highest BCUT2D eigenvalue weighted by Gasteiger charge is 2.11. The Morgan fingerprint density at radius 3 is 2.64 bits per heavy atom. The first kappa shape index (κ1) is 18.9. The number of anilines is 1.